The summed E-state index contributed by atoms with van der Waals surface area (Å²) in [6, 6.07) is 1.71. The molecule has 102 valence electrons. The molecule has 0 spiro atoms. The summed E-state index contributed by atoms with van der Waals surface area (Å²) in [5, 5.41) is 3.78. The van der Waals surface area contributed by atoms with Gasteiger partial charge in [-0.25, -0.2) is 4.98 Å². The van der Waals surface area contributed by atoms with Gasteiger partial charge in [0.1, 0.15) is 11.6 Å². The highest BCUT2D eigenvalue weighted by atomic mass is 16.5. The predicted octanol–water partition coefficient (Wildman–Crippen LogP) is 1.77. The van der Waals surface area contributed by atoms with E-state index in [2.05, 4.69) is 10.1 Å². The van der Waals surface area contributed by atoms with Crippen LogP contribution in [-0.2, 0) is 13.6 Å². The van der Waals surface area contributed by atoms with Gasteiger partial charge in [0.2, 0.25) is 0 Å². The lowest BCUT2D eigenvalue weighted by Crippen LogP contribution is -2.37. The number of aromatic nitrogens is 3. The molecule has 6 heteroatoms. The van der Waals surface area contributed by atoms with Gasteiger partial charge in [0.25, 0.3) is 5.91 Å². The highest BCUT2D eigenvalue weighted by molar-refractivity contribution is 5.92. The molecular formula is C13H18N4O2. The Morgan fingerprint density at radius 1 is 1.53 bits per heavy atom. The molecule has 0 atom stereocenters. The van der Waals surface area contributed by atoms with E-state index in [9.17, 15) is 4.79 Å². The van der Waals surface area contributed by atoms with Crippen LogP contribution in [0.15, 0.2) is 23.0 Å². The van der Waals surface area contributed by atoms with E-state index in [1.54, 1.807) is 24.1 Å². The minimum absolute atomic E-state index is 0.0567. The third-order valence-corrected chi connectivity index (χ3v) is 2.96. The molecule has 0 N–H and O–H groups in total. The van der Waals surface area contributed by atoms with Crippen molar-refractivity contribution in [1.29, 1.82) is 0 Å². The number of amides is 1. The first kappa shape index (κ1) is 13.3. The number of carbonyl (C=O) groups is 1. The number of hydrogen-bond acceptors (Lipinski definition) is 4. The molecule has 0 aromatic carbocycles. The molecule has 0 aliphatic rings. The minimum Gasteiger partial charge on any atom is -0.361 e. The molecule has 2 aromatic heterocycles. The number of rotatable bonds is 4. The maximum atomic E-state index is 12.4. The van der Waals surface area contributed by atoms with Crippen molar-refractivity contribution in [3.63, 3.8) is 0 Å². The van der Waals surface area contributed by atoms with Gasteiger partial charge >= 0.3 is 0 Å². The zero-order chi connectivity index (χ0) is 14.0. The monoisotopic (exact) mass is 262 g/mol. The van der Waals surface area contributed by atoms with E-state index in [1.807, 2.05) is 31.7 Å². The van der Waals surface area contributed by atoms with Crippen LogP contribution in [-0.4, -0.2) is 31.6 Å². The Bertz CT molecular complexity index is 571. The van der Waals surface area contributed by atoms with Crippen molar-refractivity contribution in [2.45, 2.75) is 33.4 Å². The van der Waals surface area contributed by atoms with Gasteiger partial charge in [0.15, 0.2) is 5.69 Å². The van der Waals surface area contributed by atoms with Gasteiger partial charge in [0, 0.05) is 31.5 Å². The second-order valence-electron chi connectivity index (χ2n) is 4.80. The summed E-state index contributed by atoms with van der Waals surface area (Å²) in [5.74, 6) is 1.32. The summed E-state index contributed by atoms with van der Waals surface area (Å²) in [4.78, 5) is 18.4. The molecule has 2 heterocycles. The Morgan fingerprint density at radius 2 is 2.26 bits per heavy atom. The maximum absolute atomic E-state index is 12.4. The zero-order valence-electron chi connectivity index (χ0n) is 11.6. The van der Waals surface area contributed by atoms with Crippen molar-refractivity contribution in [3.05, 3.63) is 35.7 Å². The van der Waals surface area contributed by atoms with Crippen LogP contribution in [0.4, 0.5) is 0 Å². The molecule has 0 unspecified atom stereocenters. The third kappa shape index (κ3) is 2.83. The van der Waals surface area contributed by atoms with Gasteiger partial charge in [-0.15, -0.1) is 0 Å². The summed E-state index contributed by atoms with van der Waals surface area (Å²) in [5.41, 5.74) is 0.334. The van der Waals surface area contributed by atoms with Crippen LogP contribution < -0.4 is 0 Å². The van der Waals surface area contributed by atoms with Gasteiger partial charge in [-0.1, -0.05) is 5.16 Å². The SMILES string of the molecule is Cc1cc(C(=O)N(Cc2nccn2C)C(C)C)no1. The molecule has 0 aliphatic heterocycles. The number of nitrogens with zero attached hydrogens (tertiary/aromatic N) is 4. The fraction of sp³-hybridized carbons (Fsp3) is 0.462. The fourth-order valence-corrected chi connectivity index (χ4v) is 1.80. The van der Waals surface area contributed by atoms with E-state index in [0.717, 1.165) is 5.82 Å². The fourth-order valence-electron chi connectivity index (χ4n) is 1.80. The van der Waals surface area contributed by atoms with E-state index in [4.69, 9.17) is 4.52 Å². The molecule has 2 rings (SSSR count). The van der Waals surface area contributed by atoms with Crippen LogP contribution in [0.25, 0.3) is 0 Å². The van der Waals surface area contributed by atoms with Crippen LogP contribution in [0.2, 0.25) is 0 Å². The molecule has 6 nitrogen and oxygen atoms in total. The Kier molecular flexibility index (Phi) is 3.69. The van der Waals surface area contributed by atoms with Gasteiger partial charge in [-0.3, -0.25) is 4.79 Å². The molecule has 0 saturated carbocycles. The van der Waals surface area contributed by atoms with E-state index in [0.29, 0.717) is 18.0 Å². The number of hydrogen-bond donors (Lipinski definition) is 0. The largest absolute Gasteiger partial charge is 0.361 e. The van der Waals surface area contributed by atoms with Crippen LogP contribution in [0.3, 0.4) is 0 Å². The number of carbonyl (C=O) groups excluding carboxylic acids is 1. The standard InChI is InChI=1S/C13H18N4O2/c1-9(2)17(8-12-14-5-6-16(12)4)13(18)11-7-10(3)19-15-11/h5-7,9H,8H2,1-4H3. The first-order chi connectivity index (χ1) is 8.99. The Balaban J connectivity index is 2.21. The van der Waals surface area contributed by atoms with Crippen molar-refractivity contribution in [3.8, 4) is 0 Å². The Morgan fingerprint density at radius 3 is 2.74 bits per heavy atom. The van der Waals surface area contributed by atoms with E-state index < -0.39 is 0 Å². The predicted molar refractivity (Wildman–Crippen MR) is 69.5 cm³/mol. The summed E-state index contributed by atoms with van der Waals surface area (Å²) < 4.78 is 6.86. The normalized spacial score (nSPS) is 11.0. The second kappa shape index (κ2) is 5.26. The highest BCUT2D eigenvalue weighted by Crippen LogP contribution is 2.12. The van der Waals surface area contributed by atoms with E-state index in [1.165, 1.54) is 0 Å². The summed E-state index contributed by atoms with van der Waals surface area (Å²) >= 11 is 0. The first-order valence-corrected chi connectivity index (χ1v) is 6.19. The van der Waals surface area contributed by atoms with E-state index in [-0.39, 0.29) is 11.9 Å². The minimum atomic E-state index is -0.144. The molecule has 0 fully saturated rings. The van der Waals surface area contributed by atoms with Crippen molar-refractivity contribution in [2.75, 3.05) is 0 Å². The topological polar surface area (TPSA) is 64.2 Å². The molecule has 2 aromatic rings. The molecule has 0 radical (unpaired) electrons. The van der Waals surface area contributed by atoms with Crippen molar-refractivity contribution >= 4 is 5.91 Å². The maximum Gasteiger partial charge on any atom is 0.276 e. The second-order valence-corrected chi connectivity index (χ2v) is 4.80. The highest BCUT2D eigenvalue weighted by Gasteiger charge is 2.23. The average molecular weight is 262 g/mol. The molecule has 1 amide bonds. The van der Waals surface area contributed by atoms with Crippen molar-refractivity contribution in [1.82, 2.24) is 19.6 Å². The lowest BCUT2D eigenvalue weighted by Gasteiger charge is -2.25. The summed E-state index contributed by atoms with van der Waals surface area (Å²) in [6.07, 6.45) is 3.58. The first-order valence-electron chi connectivity index (χ1n) is 6.19. The van der Waals surface area contributed by atoms with Crippen LogP contribution >= 0.6 is 0 Å². The van der Waals surface area contributed by atoms with Crippen molar-refractivity contribution < 1.29 is 9.32 Å². The quantitative estimate of drug-likeness (QED) is 0.842. The number of aryl methyl sites for hydroxylation is 2. The Hall–Kier alpha value is -2.11. The number of imidazole rings is 1. The molecule has 19 heavy (non-hydrogen) atoms. The summed E-state index contributed by atoms with van der Waals surface area (Å²) in [6.45, 7) is 6.15. The van der Waals surface area contributed by atoms with Crippen LogP contribution in [0, 0.1) is 6.92 Å². The van der Waals surface area contributed by atoms with Gasteiger partial charge < -0.3 is 14.0 Å². The average Bonchev–Trinajstić information content (AvgIpc) is 2.94. The van der Waals surface area contributed by atoms with Gasteiger partial charge in [0.05, 0.1) is 6.54 Å². The van der Waals surface area contributed by atoms with Crippen LogP contribution in [0.1, 0.15) is 35.9 Å². The van der Waals surface area contributed by atoms with Gasteiger partial charge in [-0.2, -0.15) is 0 Å². The Labute approximate surface area is 112 Å². The molecule has 0 saturated heterocycles. The lowest BCUT2D eigenvalue weighted by atomic mass is 10.2. The molecule has 0 aliphatic carbocycles. The van der Waals surface area contributed by atoms with Crippen LogP contribution in [0.5, 0.6) is 0 Å². The van der Waals surface area contributed by atoms with Gasteiger partial charge in [-0.05, 0) is 20.8 Å². The zero-order valence-corrected chi connectivity index (χ0v) is 11.6. The lowest BCUT2D eigenvalue weighted by molar-refractivity contribution is 0.0672. The summed E-state index contributed by atoms with van der Waals surface area (Å²) in [7, 11) is 1.91. The van der Waals surface area contributed by atoms with E-state index >= 15 is 0 Å². The molecular weight excluding hydrogens is 244 g/mol. The third-order valence-electron chi connectivity index (χ3n) is 2.96. The molecule has 0 bridgehead atoms. The van der Waals surface area contributed by atoms with Crippen molar-refractivity contribution in [2.24, 2.45) is 7.05 Å². The smallest absolute Gasteiger partial charge is 0.276 e.